The van der Waals surface area contributed by atoms with Gasteiger partial charge in [-0.2, -0.15) is 0 Å². The lowest BCUT2D eigenvalue weighted by molar-refractivity contribution is 0.0543. The lowest BCUT2D eigenvalue weighted by Crippen LogP contribution is -2.23. The fourth-order valence-electron chi connectivity index (χ4n) is 2.19. The molecule has 4 heteroatoms. The molecule has 1 aromatic carbocycles. The number of carbonyl (C=O) groups is 1. The molecule has 1 saturated heterocycles. The number of hydrogen-bond acceptors (Lipinski definition) is 4. The number of Topliss-reactive ketones (excluding diaryl/α,β-unsaturated/α-hetero) is 1. The van der Waals surface area contributed by atoms with E-state index in [1.807, 2.05) is 0 Å². The quantitative estimate of drug-likeness (QED) is 0.769. The zero-order valence-electron chi connectivity index (χ0n) is 10.8. The van der Waals surface area contributed by atoms with Crippen LogP contribution in [0.1, 0.15) is 23.2 Å². The van der Waals surface area contributed by atoms with Gasteiger partial charge in [-0.25, -0.2) is 0 Å². The van der Waals surface area contributed by atoms with E-state index in [4.69, 9.17) is 14.2 Å². The highest BCUT2D eigenvalue weighted by atomic mass is 16.5. The summed E-state index contributed by atoms with van der Waals surface area (Å²) in [6.07, 6.45) is 1.55. The third-order valence-corrected chi connectivity index (χ3v) is 3.26. The summed E-state index contributed by atoms with van der Waals surface area (Å²) in [5.74, 6) is 1.42. The standard InChI is InChI=1S/C14H18O4/c1-16-11-3-4-13(17-2)12(9-11)14(15)10-5-7-18-8-6-10/h3-4,9-10H,5-8H2,1-2H3. The van der Waals surface area contributed by atoms with Crippen LogP contribution in [0.2, 0.25) is 0 Å². The molecule has 0 unspecified atom stereocenters. The van der Waals surface area contributed by atoms with E-state index in [1.54, 1.807) is 32.4 Å². The smallest absolute Gasteiger partial charge is 0.169 e. The van der Waals surface area contributed by atoms with Crippen molar-refractivity contribution in [2.45, 2.75) is 12.8 Å². The van der Waals surface area contributed by atoms with Crippen LogP contribution >= 0.6 is 0 Å². The summed E-state index contributed by atoms with van der Waals surface area (Å²) in [4.78, 5) is 12.5. The van der Waals surface area contributed by atoms with E-state index >= 15 is 0 Å². The molecule has 0 radical (unpaired) electrons. The maximum Gasteiger partial charge on any atom is 0.169 e. The topological polar surface area (TPSA) is 44.8 Å². The highest BCUT2D eigenvalue weighted by molar-refractivity contribution is 6.00. The Morgan fingerprint density at radius 2 is 1.94 bits per heavy atom. The van der Waals surface area contributed by atoms with E-state index in [9.17, 15) is 4.79 Å². The van der Waals surface area contributed by atoms with Gasteiger partial charge >= 0.3 is 0 Å². The molecule has 0 atom stereocenters. The molecule has 0 aliphatic carbocycles. The minimum Gasteiger partial charge on any atom is -0.497 e. The van der Waals surface area contributed by atoms with E-state index in [2.05, 4.69) is 0 Å². The predicted octanol–water partition coefficient (Wildman–Crippen LogP) is 2.31. The molecule has 18 heavy (non-hydrogen) atoms. The second-order valence-electron chi connectivity index (χ2n) is 4.32. The normalized spacial score (nSPS) is 16.3. The minimum atomic E-state index is 0.0276. The monoisotopic (exact) mass is 250 g/mol. The lowest BCUT2D eigenvalue weighted by Gasteiger charge is -2.21. The highest BCUT2D eigenvalue weighted by Gasteiger charge is 2.25. The average molecular weight is 250 g/mol. The van der Waals surface area contributed by atoms with E-state index in [0.717, 1.165) is 12.8 Å². The number of ketones is 1. The van der Waals surface area contributed by atoms with Crippen LogP contribution in [-0.4, -0.2) is 33.2 Å². The number of ether oxygens (including phenoxy) is 3. The number of carbonyl (C=O) groups excluding carboxylic acids is 1. The van der Waals surface area contributed by atoms with Crippen molar-refractivity contribution in [2.75, 3.05) is 27.4 Å². The second kappa shape index (κ2) is 5.87. The van der Waals surface area contributed by atoms with Gasteiger partial charge in [0.2, 0.25) is 0 Å². The van der Waals surface area contributed by atoms with Crippen LogP contribution < -0.4 is 9.47 Å². The highest BCUT2D eigenvalue weighted by Crippen LogP contribution is 2.29. The molecule has 1 fully saturated rings. The van der Waals surface area contributed by atoms with Crippen LogP contribution in [0.3, 0.4) is 0 Å². The number of methoxy groups -OCH3 is 2. The van der Waals surface area contributed by atoms with Gasteiger partial charge < -0.3 is 14.2 Å². The molecule has 0 bridgehead atoms. The van der Waals surface area contributed by atoms with Crippen molar-refractivity contribution >= 4 is 5.78 Å². The summed E-state index contributed by atoms with van der Waals surface area (Å²) in [5, 5.41) is 0. The Hall–Kier alpha value is -1.55. The van der Waals surface area contributed by atoms with Crippen LogP contribution in [-0.2, 0) is 4.74 Å². The van der Waals surface area contributed by atoms with Gasteiger partial charge in [-0.15, -0.1) is 0 Å². The molecule has 0 spiro atoms. The van der Waals surface area contributed by atoms with Crippen molar-refractivity contribution in [1.82, 2.24) is 0 Å². The molecule has 1 aliphatic rings. The summed E-state index contributed by atoms with van der Waals surface area (Å²) >= 11 is 0. The van der Waals surface area contributed by atoms with Crippen molar-refractivity contribution in [3.05, 3.63) is 23.8 Å². The summed E-state index contributed by atoms with van der Waals surface area (Å²) in [6.45, 7) is 1.31. The Bertz CT molecular complexity index is 422. The molecule has 0 amide bonds. The fraction of sp³-hybridized carbons (Fsp3) is 0.500. The first kappa shape index (κ1) is 12.9. The van der Waals surface area contributed by atoms with E-state index in [1.165, 1.54) is 0 Å². The van der Waals surface area contributed by atoms with Gasteiger partial charge in [-0.05, 0) is 31.0 Å². The average Bonchev–Trinajstić information content (AvgIpc) is 2.46. The van der Waals surface area contributed by atoms with Crippen LogP contribution in [0.5, 0.6) is 11.5 Å². The molecule has 0 saturated carbocycles. The van der Waals surface area contributed by atoms with Gasteiger partial charge in [0.1, 0.15) is 11.5 Å². The third-order valence-electron chi connectivity index (χ3n) is 3.26. The van der Waals surface area contributed by atoms with Crippen LogP contribution in [0.25, 0.3) is 0 Å². The largest absolute Gasteiger partial charge is 0.497 e. The van der Waals surface area contributed by atoms with Gasteiger partial charge in [0.05, 0.1) is 19.8 Å². The lowest BCUT2D eigenvalue weighted by atomic mass is 9.90. The van der Waals surface area contributed by atoms with Gasteiger partial charge in [0.25, 0.3) is 0 Å². The van der Waals surface area contributed by atoms with E-state index < -0.39 is 0 Å². The van der Waals surface area contributed by atoms with Crippen LogP contribution in [0.15, 0.2) is 18.2 Å². The molecule has 98 valence electrons. The first-order valence-corrected chi connectivity index (χ1v) is 6.10. The van der Waals surface area contributed by atoms with Crippen LogP contribution in [0, 0.1) is 5.92 Å². The second-order valence-corrected chi connectivity index (χ2v) is 4.32. The molecule has 0 N–H and O–H groups in total. The van der Waals surface area contributed by atoms with Crippen molar-refractivity contribution < 1.29 is 19.0 Å². The molecule has 2 rings (SSSR count). The van der Waals surface area contributed by atoms with Crippen LogP contribution in [0.4, 0.5) is 0 Å². The van der Waals surface area contributed by atoms with Crippen molar-refractivity contribution in [2.24, 2.45) is 5.92 Å². The molecule has 4 nitrogen and oxygen atoms in total. The van der Waals surface area contributed by atoms with Crippen molar-refractivity contribution in [3.63, 3.8) is 0 Å². The predicted molar refractivity (Wildman–Crippen MR) is 67.4 cm³/mol. The zero-order chi connectivity index (χ0) is 13.0. The first-order chi connectivity index (χ1) is 8.76. The summed E-state index contributed by atoms with van der Waals surface area (Å²) < 4.78 is 15.7. The Kier molecular flexibility index (Phi) is 4.20. The Morgan fingerprint density at radius 3 is 2.56 bits per heavy atom. The Balaban J connectivity index is 2.26. The number of benzene rings is 1. The number of rotatable bonds is 4. The summed E-state index contributed by atoms with van der Waals surface area (Å²) in [6, 6.07) is 5.31. The van der Waals surface area contributed by atoms with Gasteiger partial charge in [-0.3, -0.25) is 4.79 Å². The van der Waals surface area contributed by atoms with Crippen molar-refractivity contribution in [3.8, 4) is 11.5 Å². The Morgan fingerprint density at radius 1 is 1.22 bits per heavy atom. The molecule has 0 aromatic heterocycles. The molecular formula is C14H18O4. The summed E-state index contributed by atoms with van der Waals surface area (Å²) in [5.41, 5.74) is 0.601. The minimum absolute atomic E-state index is 0.0276. The van der Waals surface area contributed by atoms with Gasteiger partial charge in [0.15, 0.2) is 5.78 Å². The molecule has 1 aromatic rings. The number of hydrogen-bond donors (Lipinski definition) is 0. The first-order valence-electron chi connectivity index (χ1n) is 6.10. The van der Waals surface area contributed by atoms with Gasteiger partial charge in [0, 0.05) is 19.1 Å². The fourth-order valence-corrected chi connectivity index (χ4v) is 2.19. The SMILES string of the molecule is COc1ccc(OC)c(C(=O)C2CCOCC2)c1. The maximum atomic E-state index is 12.5. The zero-order valence-corrected chi connectivity index (χ0v) is 10.8. The Labute approximate surface area is 107 Å². The third kappa shape index (κ3) is 2.64. The van der Waals surface area contributed by atoms with E-state index in [-0.39, 0.29) is 11.7 Å². The maximum absolute atomic E-state index is 12.5. The summed E-state index contributed by atoms with van der Waals surface area (Å²) in [7, 11) is 3.16. The molecule has 1 heterocycles. The van der Waals surface area contributed by atoms with Crippen molar-refractivity contribution in [1.29, 1.82) is 0 Å². The molecule has 1 aliphatic heterocycles. The van der Waals surface area contributed by atoms with Gasteiger partial charge in [-0.1, -0.05) is 0 Å². The molecular weight excluding hydrogens is 232 g/mol. The van der Waals surface area contributed by atoms with E-state index in [0.29, 0.717) is 30.3 Å².